The van der Waals surface area contributed by atoms with Crippen molar-refractivity contribution in [2.75, 3.05) is 48.1 Å². The summed E-state index contributed by atoms with van der Waals surface area (Å²) in [7, 11) is 3.52. The molecule has 286 valence electrons. The highest BCUT2D eigenvalue weighted by Crippen LogP contribution is 2.71. The number of benzene rings is 2. The maximum Gasteiger partial charge on any atom is 0.184 e. The van der Waals surface area contributed by atoms with Crippen LogP contribution in [-0.4, -0.2) is 84.7 Å². The second-order valence-electron chi connectivity index (χ2n) is 15.7. The Morgan fingerprint density at radius 1 is 0.904 bits per heavy atom. The van der Waals surface area contributed by atoms with Gasteiger partial charge >= 0.3 is 0 Å². The summed E-state index contributed by atoms with van der Waals surface area (Å²) in [6.45, 7) is 16.2. The Labute approximate surface area is 310 Å². The third-order valence-corrected chi connectivity index (χ3v) is 13.0. The van der Waals surface area contributed by atoms with E-state index < -0.39 is 43.2 Å². The Kier molecular flexibility index (Phi) is 12.8. The molecular formula is C41H58O10Si. The summed E-state index contributed by atoms with van der Waals surface area (Å²) in [6, 6.07) is 15.9. The van der Waals surface area contributed by atoms with Gasteiger partial charge in [0.25, 0.3) is 0 Å². The Bertz CT molecular complexity index is 1520. The van der Waals surface area contributed by atoms with E-state index in [0.29, 0.717) is 18.8 Å². The van der Waals surface area contributed by atoms with Crippen molar-refractivity contribution < 1.29 is 47.7 Å². The molecule has 0 spiro atoms. The fraction of sp³-hybridized carbons (Fsp3) is 0.561. The first-order valence-electron chi connectivity index (χ1n) is 18.0. The minimum atomic E-state index is -1.49. The molecule has 1 saturated heterocycles. The van der Waals surface area contributed by atoms with Crippen molar-refractivity contribution in [1.29, 1.82) is 0 Å². The molecule has 10 nitrogen and oxygen atoms in total. The van der Waals surface area contributed by atoms with Crippen LogP contribution in [-0.2, 0) is 28.4 Å². The van der Waals surface area contributed by atoms with Crippen molar-refractivity contribution in [2.45, 2.75) is 82.1 Å². The number of ether oxygens (including phenoxy) is 9. The zero-order chi connectivity index (χ0) is 37.6. The predicted molar refractivity (Wildman–Crippen MR) is 202 cm³/mol. The molecular weight excluding hydrogens is 681 g/mol. The maximum absolute atomic E-state index is 13.1. The normalized spacial score (nSPS) is 31.3. The molecule has 2 aromatic rings. The lowest BCUT2D eigenvalue weighted by atomic mass is 9.62. The third kappa shape index (κ3) is 8.07. The molecule has 0 aromatic heterocycles. The molecule has 5 rings (SSSR count). The van der Waals surface area contributed by atoms with Crippen molar-refractivity contribution >= 4 is 8.07 Å². The van der Waals surface area contributed by atoms with Gasteiger partial charge < -0.3 is 47.7 Å². The van der Waals surface area contributed by atoms with Crippen LogP contribution >= 0.6 is 0 Å². The van der Waals surface area contributed by atoms with E-state index in [1.165, 1.54) is 0 Å². The van der Waals surface area contributed by atoms with Crippen molar-refractivity contribution in [3.63, 3.8) is 0 Å². The van der Waals surface area contributed by atoms with Gasteiger partial charge in [-0.3, -0.25) is 0 Å². The van der Waals surface area contributed by atoms with E-state index >= 15 is 0 Å². The number of hydrogen-bond donors (Lipinski definition) is 1. The van der Waals surface area contributed by atoms with Gasteiger partial charge in [-0.25, -0.2) is 0 Å². The number of aliphatic hydroxyl groups is 1. The van der Waals surface area contributed by atoms with Crippen LogP contribution in [0, 0.1) is 16.7 Å². The average molecular weight is 739 g/mol. The Hall–Kier alpha value is -3.00. The zero-order valence-electron chi connectivity index (χ0n) is 32.1. The number of methoxy groups -OCH3 is 3. The summed E-state index contributed by atoms with van der Waals surface area (Å²) >= 11 is 0. The topological polar surface area (TPSA) is 103 Å². The van der Waals surface area contributed by atoms with Crippen molar-refractivity contribution in [3.05, 3.63) is 91.2 Å². The lowest BCUT2D eigenvalue weighted by Gasteiger charge is -2.47. The monoisotopic (exact) mass is 738 g/mol. The van der Waals surface area contributed by atoms with E-state index in [-0.39, 0.29) is 31.5 Å². The predicted octanol–water partition coefficient (Wildman–Crippen LogP) is 7.68. The van der Waals surface area contributed by atoms with E-state index in [4.69, 9.17) is 42.6 Å². The molecule has 2 aromatic carbocycles. The highest BCUT2D eigenvalue weighted by molar-refractivity contribution is 6.76. The highest BCUT2D eigenvalue weighted by atomic mass is 28.3. The van der Waals surface area contributed by atoms with Crippen LogP contribution in [0.4, 0.5) is 0 Å². The molecule has 7 atom stereocenters. The summed E-state index contributed by atoms with van der Waals surface area (Å²) in [5.41, 5.74) is -2.99. The lowest BCUT2D eigenvalue weighted by Crippen LogP contribution is -2.56. The third-order valence-electron chi connectivity index (χ3n) is 11.3. The van der Waals surface area contributed by atoms with E-state index in [1.54, 1.807) is 33.7 Å². The molecule has 0 unspecified atom stereocenters. The van der Waals surface area contributed by atoms with Crippen LogP contribution in [0.15, 0.2) is 85.7 Å². The fourth-order valence-corrected chi connectivity index (χ4v) is 8.84. The first-order chi connectivity index (χ1) is 24.8. The quantitative estimate of drug-likeness (QED) is 0.0539. The van der Waals surface area contributed by atoms with Gasteiger partial charge in [0, 0.05) is 32.8 Å². The van der Waals surface area contributed by atoms with E-state index in [2.05, 4.69) is 40.1 Å². The molecule has 1 aliphatic heterocycles. The Morgan fingerprint density at radius 3 is 2.17 bits per heavy atom. The summed E-state index contributed by atoms with van der Waals surface area (Å²) in [6.07, 6.45) is 8.77. The molecule has 3 aliphatic rings. The second kappa shape index (κ2) is 16.6. The summed E-state index contributed by atoms with van der Waals surface area (Å²) in [5.74, 6) is 2.16. The standard InChI is InChI=1S/C41H58O10Si/c1-10-35-39(50-29-46-25-26-52(7,8)9,27-48-37(51-35)30-11-13-31(44-5)14-12-30)21-22-41(42)36(49-28-43-4)34-19-20-40(41,38(34,2)3)23-24-47-33-17-15-32(45-6)16-18-33/h10-18,21-24,34-37,42H,1,19-20,25-29H2,2-9H3/b22-21-,24-23-/t34-,35-,36-,37+,39+,40+,41-/m1/s1. The summed E-state index contributed by atoms with van der Waals surface area (Å²) in [5, 5.41) is 13.1. The summed E-state index contributed by atoms with van der Waals surface area (Å²) < 4.78 is 54.0. The Balaban J connectivity index is 1.49. The first-order valence-corrected chi connectivity index (χ1v) is 21.8. The smallest absolute Gasteiger partial charge is 0.184 e. The molecule has 1 heterocycles. The lowest BCUT2D eigenvalue weighted by molar-refractivity contribution is -0.292. The van der Waals surface area contributed by atoms with E-state index in [0.717, 1.165) is 29.5 Å². The van der Waals surface area contributed by atoms with Crippen LogP contribution < -0.4 is 14.2 Å². The summed E-state index contributed by atoms with van der Waals surface area (Å²) in [4.78, 5) is 0. The van der Waals surface area contributed by atoms with Gasteiger partial charge in [-0.15, -0.1) is 6.58 Å². The maximum atomic E-state index is 13.1. The van der Waals surface area contributed by atoms with Crippen LogP contribution in [0.25, 0.3) is 0 Å². The molecule has 0 amide bonds. The van der Waals surface area contributed by atoms with Gasteiger partial charge in [-0.2, -0.15) is 0 Å². The fourth-order valence-electron chi connectivity index (χ4n) is 8.08. The van der Waals surface area contributed by atoms with Gasteiger partial charge in [0.15, 0.2) is 6.29 Å². The highest BCUT2D eigenvalue weighted by Gasteiger charge is 2.74. The van der Waals surface area contributed by atoms with Crippen LogP contribution in [0.3, 0.4) is 0 Å². The minimum absolute atomic E-state index is 0.00990. The molecule has 3 fully saturated rings. The molecule has 2 aliphatic carbocycles. The molecule has 2 bridgehead atoms. The number of hydrogen-bond acceptors (Lipinski definition) is 10. The van der Waals surface area contributed by atoms with Crippen LogP contribution in [0.1, 0.15) is 38.5 Å². The van der Waals surface area contributed by atoms with Gasteiger partial charge in [0.05, 0.1) is 33.2 Å². The van der Waals surface area contributed by atoms with Crippen molar-refractivity contribution in [2.24, 2.45) is 16.7 Å². The van der Waals surface area contributed by atoms with Crippen LogP contribution in [0.2, 0.25) is 25.7 Å². The van der Waals surface area contributed by atoms with Gasteiger partial charge in [0.2, 0.25) is 0 Å². The molecule has 0 radical (unpaired) electrons. The SMILES string of the molecule is C=C[C@H]1O[C@@H](c2ccc(OC)cc2)OC[C@]1(/C=C\[C@@]1(O)[C@H](OCOC)[C@H]2CC[C@]1(/C=C\Oc1ccc(OC)cc1)C2(C)C)OCOCC[Si](C)(C)C. The molecule has 52 heavy (non-hydrogen) atoms. The van der Waals surface area contributed by atoms with E-state index in [1.807, 2.05) is 66.8 Å². The molecule has 2 saturated carbocycles. The Morgan fingerprint density at radius 2 is 1.56 bits per heavy atom. The van der Waals surface area contributed by atoms with Crippen molar-refractivity contribution in [3.8, 4) is 17.2 Å². The number of rotatable bonds is 18. The minimum Gasteiger partial charge on any atom is -0.497 e. The second-order valence-corrected chi connectivity index (χ2v) is 21.4. The van der Waals surface area contributed by atoms with Gasteiger partial charge in [-0.1, -0.05) is 57.8 Å². The van der Waals surface area contributed by atoms with Crippen LogP contribution in [0.5, 0.6) is 17.2 Å². The van der Waals surface area contributed by atoms with Gasteiger partial charge in [0.1, 0.15) is 48.1 Å². The molecule has 1 N–H and O–H groups in total. The average Bonchev–Trinajstić information content (AvgIpc) is 3.47. The largest absolute Gasteiger partial charge is 0.497 e. The van der Waals surface area contributed by atoms with Crippen molar-refractivity contribution in [1.82, 2.24) is 0 Å². The van der Waals surface area contributed by atoms with Gasteiger partial charge in [-0.05, 0) is 78.8 Å². The first kappa shape index (κ1) is 40.2. The zero-order valence-corrected chi connectivity index (χ0v) is 33.1. The number of fused-ring (bicyclic) bond motifs is 2. The van der Waals surface area contributed by atoms with E-state index in [9.17, 15) is 5.11 Å². The molecule has 11 heteroatoms.